The smallest absolute Gasteiger partial charge is 0.251 e. The Labute approximate surface area is 176 Å². The van der Waals surface area contributed by atoms with Gasteiger partial charge in [-0.3, -0.25) is 19.4 Å². The van der Waals surface area contributed by atoms with Crippen molar-refractivity contribution < 1.29 is 9.90 Å². The van der Waals surface area contributed by atoms with Crippen LogP contribution >= 0.6 is 0 Å². The SMILES string of the molecule is Cn1nccc1Cc1cc(C(=O)NC[C@H](O)CN2CCc3ccccc3C2)ccn1. The van der Waals surface area contributed by atoms with Gasteiger partial charge in [-0.25, -0.2) is 0 Å². The molecule has 0 aliphatic carbocycles. The van der Waals surface area contributed by atoms with Gasteiger partial charge in [0.25, 0.3) is 5.91 Å². The van der Waals surface area contributed by atoms with E-state index in [0.717, 1.165) is 30.9 Å². The molecule has 7 nitrogen and oxygen atoms in total. The van der Waals surface area contributed by atoms with Gasteiger partial charge < -0.3 is 10.4 Å². The molecule has 0 unspecified atom stereocenters. The number of pyridine rings is 1. The van der Waals surface area contributed by atoms with Crippen molar-refractivity contribution in [3.8, 4) is 0 Å². The van der Waals surface area contributed by atoms with E-state index in [1.54, 1.807) is 29.2 Å². The summed E-state index contributed by atoms with van der Waals surface area (Å²) in [6.45, 7) is 2.51. The van der Waals surface area contributed by atoms with E-state index in [2.05, 4.69) is 44.6 Å². The van der Waals surface area contributed by atoms with Crippen molar-refractivity contribution in [2.75, 3.05) is 19.6 Å². The van der Waals surface area contributed by atoms with Gasteiger partial charge in [0.15, 0.2) is 0 Å². The number of β-amino-alcohol motifs (C(OH)–C–C–N with tert-alkyl or cyclic N) is 1. The van der Waals surface area contributed by atoms with Gasteiger partial charge in [0.2, 0.25) is 0 Å². The summed E-state index contributed by atoms with van der Waals surface area (Å²) in [5.41, 5.74) is 5.08. The number of hydrogen-bond donors (Lipinski definition) is 2. The first kappa shape index (κ1) is 20.3. The number of nitrogens with one attached hydrogen (secondary N) is 1. The number of aryl methyl sites for hydroxylation is 1. The third kappa shape index (κ3) is 4.93. The van der Waals surface area contributed by atoms with Gasteiger partial charge in [-0.15, -0.1) is 0 Å². The lowest BCUT2D eigenvalue weighted by molar-refractivity contribution is 0.0841. The molecule has 1 aliphatic rings. The van der Waals surface area contributed by atoms with E-state index in [-0.39, 0.29) is 12.5 Å². The number of carbonyl (C=O) groups excluding carboxylic acids is 1. The molecule has 1 amide bonds. The number of aliphatic hydroxyl groups is 1. The minimum Gasteiger partial charge on any atom is -0.390 e. The number of benzene rings is 1. The lowest BCUT2D eigenvalue weighted by Gasteiger charge is -2.30. The summed E-state index contributed by atoms with van der Waals surface area (Å²) >= 11 is 0. The number of hydrogen-bond acceptors (Lipinski definition) is 5. The lowest BCUT2D eigenvalue weighted by Crippen LogP contribution is -2.42. The molecule has 0 saturated heterocycles. The molecule has 0 fully saturated rings. The molecule has 0 bridgehead atoms. The van der Waals surface area contributed by atoms with Crippen LogP contribution in [0.25, 0.3) is 0 Å². The van der Waals surface area contributed by atoms with Crippen LogP contribution in [0.15, 0.2) is 54.9 Å². The molecule has 1 aliphatic heterocycles. The summed E-state index contributed by atoms with van der Waals surface area (Å²) < 4.78 is 1.80. The normalized spacial score (nSPS) is 14.9. The molecule has 0 spiro atoms. The van der Waals surface area contributed by atoms with Crippen LogP contribution < -0.4 is 5.32 Å². The van der Waals surface area contributed by atoms with Gasteiger partial charge in [-0.2, -0.15) is 5.10 Å². The summed E-state index contributed by atoms with van der Waals surface area (Å²) in [4.78, 5) is 19.1. The fourth-order valence-electron chi connectivity index (χ4n) is 3.86. The van der Waals surface area contributed by atoms with Gasteiger partial charge in [-0.05, 0) is 35.7 Å². The first-order chi connectivity index (χ1) is 14.6. The molecule has 4 rings (SSSR count). The highest BCUT2D eigenvalue weighted by Crippen LogP contribution is 2.18. The van der Waals surface area contributed by atoms with Crippen molar-refractivity contribution in [3.63, 3.8) is 0 Å². The monoisotopic (exact) mass is 405 g/mol. The van der Waals surface area contributed by atoms with E-state index < -0.39 is 6.10 Å². The average Bonchev–Trinajstić information content (AvgIpc) is 3.16. The van der Waals surface area contributed by atoms with Crippen LogP contribution in [-0.4, -0.2) is 56.4 Å². The van der Waals surface area contributed by atoms with Crippen molar-refractivity contribution in [1.29, 1.82) is 0 Å². The van der Waals surface area contributed by atoms with Crippen LogP contribution in [0.5, 0.6) is 0 Å². The Morgan fingerprint density at radius 1 is 1.20 bits per heavy atom. The largest absolute Gasteiger partial charge is 0.390 e. The number of nitrogens with zero attached hydrogens (tertiary/aromatic N) is 4. The third-order valence-corrected chi connectivity index (χ3v) is 5.54. The molecule has 3 heterocycles. The molecule has 156 valence electrons. The minimum absolute atomic E-state index is 0.202. The van der Waals surface area contributed by atoms with E-state index in [1.807, 2.05) is 13.1 Å². The number of fused-ring (bicyclic) bond motifs is 1. The molecular weight excluding hydrogens is 378 g/mol. The summed E-state index contributed by atoms with van der Waals surface area (Å²) in [5, 5.41) is 17.4. The molecule has 2 aromatic heterocycles. The Kier molecular flexibility index (Phi) is 6.21. The third-order valence-electron chi connectivity index (χ3n) is 5.54. The summed E-state index contributed by atoms with van der Waals surface area (Å²) in [5.74, 6) is -0.202. The predicted molar refractivity (Wildman–Crippen MR) is 114 cm³/mol. The Morgan fingerprint density at radius 2 is 2.03 bits per heavy atom. The molecule has 0 radical (unpaired) electrons. The second kappa shape index (κ2) is 9.19. The second-order valence-corrected chi connectivity index (χ2v) is 7.78. The first-order valence-electron chi connectivity index (χ1n) is 10.3. The number of amides is 1. The maximum atomic E-state index is 12.5. The van der Waals surface area contributed by atoms with Gasteiger partial charge >= 0.3 is 0 Å². The quantitative estimate of drug-likeness (QED) is 0.623. The van der Waals surface area contributed by atoms with E-state index >= 15 is 0 Å². The first-order valence-corrected chi connectivity index (χ1v) is 10.3. The summed E-state index contributed by atoms with van der Waals surface area (Å²) in [6, 6.07) is 13.8. The standard InChI is InChI=1S/C23H27N5O2/c1-27-21(7-10-26-27)13-20-12-18(6-9-24-20)23(30)25-14-22(29)16-28-11-8-17-4-2-3-5-19(17)15-28/h2-7,9-10,12,22,29H,8,11,13-16H2,1H3,(H,25,30)/t22-/m0/s1. The number of rotatable bonds is 7. The fourth-order valence-corrected chi connectivity index (χ4v) is 3.86. The molecule has 1 atom stereocenters. The van der Waals surface area contributed by atoms with Crippen molar-refractivity contribution in [1.82, 2.24) is 25.0 Å². The highest BCUT2D eigenvalue weighted by molar-refractivity contribution is 5.94. The highest BCUT2D eigenvalue weighted by Gasteiger charge is 2.19. The van der Waals surface area contributed by atoms with Crippen LogP contribution in [-0.2, 0) is 26.4 Å². The zero-order chi connectivity index (χ0) is 20.9. The average molecular weight is 406 g/mol. The number of aromatic nitrogens is 3. The van der Waals surface area contributed by atoms with Crippen LogP contribution in [0.1, 0.15) is 32.9 Å². The Morgan fingerprint density at radius 3 is 2.83 bits per heavy atom. The van der Waals surface area contributed by atoms with Gasteiger partial charge in [-0.1, -0.05) is 24.3 Å². The van der Waals surface area contributed by atoms with Crippen molar-refractivity contribution >= 4 is 5.91 Å². The predicted octanol–water partition coefficient (Wildman–Crippen LogP) is 1.55. The maximum Gasteiger partial charge on any atom is 0.251 e. The zero-order valence-electron chi connectivity index (χ0n) is 17.2. The molecule has 1 aromatic carbocycles. The molecule has 2 N–H and O–H groups in total. The Balaban J connectivity index is 1.28. The second-order valence-electron chi connectivity index (χ2n) is 7.78. The molecule has 3 aromatic rings. The lowest BCUT2D eigenvalue weighted by atomic mass is 10.00. The van der Waals surface area contributed by atoms with Crippen molar-refractivity contribution in [3.05, 3.63) is 82.9 Å². The van der Waals surface area contributed by atoms with Gasteiger partial charge in [0, 0.05) is 69.0 Å². The summed E-state index contributed by atoms with van der Waals surface area (Å²) in [6.07, 6.45) is 4.37. The summed E-state index contributed by atoms with van der Waals surface area (Å²) in [7, 11) is 1.88. The van der Waals surface area contributed by atoms with Crippen LogP contribution in [0, 0.1) is 0 Å². The number of aliphatic hydroxyl groups excluding tert-OH is 1. The zero-order valence-corrected chi connectivity index (χ0v) is 17.2. The van der Waals surface area contributed by atoms with Crippen molar-refractivity contribution in [2.24, 2.45) is 7.05 Å². The molecule has 30 heavy (non-hydrogen) atoms. The fraction of sp³-hybridized carbons (Fsp3) is 0.348. The van der Waals surface area contributed by atoms with Crippen molar-refractivity contribution in [2.45, 2.75) is 25.5 Å². The van der Waals surface area contributed by atoms with Crippen LogP contribution in [0.4, 0.5) is 0 Å². The van der Waals surface area contributed by atoms with E-state index in [1.165, 1.54) is 11.1 Å². The van der Waals surface area contributed by atoms with Gasteiger partial charge in [0.1, 0.15) is 0 Å². The minimum atomic E-state index is -0.616. The van der Waals surface area contributed by atoms with Crippen LogP contribution in [0.3, 0.4) is 0 Å². The highest BCUT2D eigenvalue weighted by atomic mass is 16.3. The van der Waals surface area contributed by atoms with E-state index in [9.17, 15) is 9.90 Å². The Hall–Kier alpha value is -3.03. The molecule has 0 saturated carbocycles. The van der Waals surface area contributed by atoms with E-state index in [0.29, 0.717) is 18.5 Å². The van der Waals surface area contributed by atoms with Gasteiger partial charge in [0.05, 0.1) is 6.10 Å². The molecular formula is C23H27N5O2. The number of carbonyl (C=O) groups is 1. The van der Waals surface area contributed by atoms with Crippen LogP contribution in [0.2, 0.25) is 0 Å². The Bertz CT molecular complexity index is 1020. The van der Waals surface area contributed by atoms with E-state index in [4.69, 9.17) is 0 Å². The topological polar surface area (TPSA) is 83.3 Å². The maximum absolute atomic E-state index is 12.5. The molecule has 7 heteroatoms.